The zero-order valence-corrected chi connectivity index (χ0v) is 7.56. The molecule has 0 saturated carbocycles. The van der Waals surface area contributed by atoms with E-state index in [2.05, 4.69) is 0 Å². The van der Waals surface area contributed by atoms with Gasteiger partial charge in [0.1, 0.15) is 0 Å². The van der Waals surface area contributed by atoms with E-state index in [9.17, 15) is 29.8 Å². The summed E-state index contributed by atoms with van der Waals surface area (Å²) in [6.45, 7) is 0. The number of halogens is 1. The van der Waals surface area contributed by atoms with E-state index in [0.717, 1.165) is 0 Å². The zero-order valence-electron chi connectivity index (χ0n) is 6.80. The quantitative estimate of drug-likeness (QED) is 0.376. The van der Waals surface area contributed by atoms with E-state index in [-0.39, 0.29) is 0 Å². The molecule has 15 heavy (non-hydrogen) atoms. The fraction of sp³-hybridized carbons (Fsp3) is 0. The van der Waals surface area contributed by atoms with Crippen LogP contribution < -0.4 is 0 Å². The molecule has 1 aliphatic carbocycles. The molecule has 0 aromatic rings. The summed E-state index contributed by atoms with van der Waals surface area (Å²) < 4.78 is 0. The van der Waals surface area contributed by atoms with Crippen LogP contribution in [0.5, 0.6) is 0 Å². The molecule has 0 radical (unpaired) electrons. The van der Waals surface area contributed by atoms with Crippen LogP contribution in [0.2, 0.25) is 0 Å². The van der Waals surface area contributed by atoms with Crippen LogP contribution in [0.15, 0.2) is 22.5 Å². The maximum Gasteiger partial charge on any atom is 0.398 e. The van der Waals surface area contributed by atoms with Gasteiger partial charge in [-0.15, -0.1) is 0 Å². The van der Waals surface area contributed by atoms with Crippen molar-refractivity contribution >= 4 is 23.2 Å². The highest BCUT2D eigenvalue weighted by molar-refractivity contribution is 6.47. The van der Waals surface area contributed by atoms with Crippen molar-refractivity contribution in [1.29, 1.82) is 0 Å². The van der Waals surface area contributed by atoms with Crippen LogP contribution in [0.3, 0.4) is 0 Å². The van der Waals surface area contributed by atoms with Crippen LogP contribution in [-0.4, -0.2) is 21.4 Å². The van der Waals surface area contributed by atoms with Crippen LogP contribution in [0.4, 0.5) is 0 Å². The number of ketones is 2. The molecule has 0 N–H and O–H groups in total. The Bertz CT molecular complexity index is 462. The second-order valence-electron chi connectivity index (χ2n) is 2.40. The normalized spacial score (nSPS) is 16.5. The first kappa shape index (κ1) is 11.0. The van der Waals surface area contributed by atoms with E-state index >= 15 is 0 Å². The summed E-state index contributed by atoms with van der Waals surface area (Å²) in [5.41, 5.74) is -2.77. The molecule has 0 bridgehead atoms. The molecular weight excluding hydrogens is 232 g/mol. The minimum atomic E-state index is -1.41. The summed E-state index contributed by atoms with van der Waals surface area (Å²) >= 11 is 5.20. The molecule has 0 fully saturated rings. The van der Waals surface area contributed by atoms with Crippen molar-refractivity contribution in [3.05, 3.63) is 42.7 Å². The summed E-state index contributed by atoms with van der Waals surface area (Å²) in [7, 11) is 0. The molecule has 0 aromatic carbocycles. The molecule has 9 heteroatoms. The molecule has 0 aliphatic heterocycles. The average Bonchev–Trinajstić information content (AvgIpc) is 2.09. The molecule has 0 aromatic heterocycles. The fourth-order valence-corrected chi connectivity index (χ4v) is 1.12. The van der Waals surface area contributed by atoms with Gasteiger partial charge in [-0.3, -0.25) is 29.8 Å². The van der Waals surface area contributed by atoms with Gasteiger partial charge in [0.25, 0.3) is 11.6 Å². The van der Waals surface area contributed by atoms with Crippen molar-refractivity contribution in [3.8, 4) is 0 Å². The van der Waals surface area contributed by atoms with Crippen LogP contribution in [-0.2, 0) is 9.59 Å². The van der Waals surface area contributed by atoms with Gasteiger partial charge in [0.15, 0.2) is 0 Å². The van der Waals surface area contributed by atoms with Crippen molar-refractivity contribution in [1.82, 2.24) is 0 Å². The summed E-state index contributed by atoms with van der Waals surface area (Å²) in [5.74, 6) is -2.61. The third-order valence-electron chi connectivity index (χ3n) is 1.51. The van der Waals surface area contributed by atoms with Gasteiger partial charge < -0.3 is 0 Å². The van der Waals surface area contributed by atoms with Gasteiger partial charge in [0, 0.05) is 6.08 Å². The monoisotopic (exact) mass is 232 g/mol. The zero-order chi connectivity index (χ0) is 11.7. The third-order valence-corrected chi connectivity index (χ3v) is 1.79. The smallest absolute Gasteiger partial charge is 0.282 e. The Balaban J connectivity index is 3.48. The molecule has 0 saturated heterocycles. The van der Waals surface area contributed by atoms with E-state index in [1.807, 2.05) is 0 Å². The standard InChI is InChI=1S/C6HClN2O6/c7-2-1-3(10)4(8(12)13)5(6(2)11)9(14)15/h1H. The maximum atomic E-state index is 11.1. The highest BCUT2D eigenvalue weighted by Gasteiger charge is 2.44. The van der Waals surface area contributed by atoms with Crippen molar-refractivity contribution < 1.29 is 19.4 Å². The number of rotatable bonds is 2. The first-order valence-corrected chi connectivity index (χ1v) is 3.73. The lowest BCUT2D eigenvalue weighted by atomic mass is 10.1. The Morgan fingerprint density at radius 3 is 1.93 bits per heavy atom. The minimum absolute atomic E-state index is 0.481. The van der Waals surface area contributed by atoms with E-state index in [0.29, 0.717) is 6.08 Å². The number of Topliss-reactive ketones (excluding diaryl/α,β-unsaturated/α-hetero) is 1. The van der Waals surface area contributed by atoms with Crippen LogP contribution in [0.25, 0.3) is 0 Å². The second kappa shape index (κ2) is 3.58. The topological polar surface area (TPSA) is 120 Å². The molecule has 0 unspecified atom stereocenters. The SMILES string of the molecule is O=C1C=C(Cl)C(=O)C([N+](=O)[O-])=C1[N+](=O)[O-]. The van der Waals surface area contributed by atoms with Gasteiger partial charge >= 0.3 is 11.4 Å². The predicted molar refractivity (Wildman–Crippen MR) is 45.0 cm³/mol. The van der Waals surface area contributed by atoms with Crippen molar-refractivity contribution in [2.75, 3.05) is 0 Å². The van der Waals surface area contributed by atoms with Crippen LogP contribution in [0.1, 0.15) is 0 Å². The number of carbonyl (C=O) groups excluding carboxylic acids is 2. The van der Waals surface area contributed by atoms with Crippen molar-refractivity contribution in [2.45, 2.75) is 0 Å². The molecule has 0 atom stereocenters. The number of allylic oxidation sites excluding steroid dienone is 2. The molecule has 1 rings (SSSR count). The van der Waals surface area contributed by atoms with Gasteiger partial charge in [-0.2, -0.15) is 0 Å². The van der Waals surface area contributed by atoms with Gasteiger partial charge in [-0.25, -0.2) is 0 Å². The molecule has 0 spiro atoms. The predicted octanol–water partition coefficient (Wildman–Crippen LogP) is 0.0259. The lowest BCUT2D eigenvalue weighted by molar-refractivity contribution is -0.462. The molecule has 1 aliphatic rings. The molecular formula is C6HClN2O6. The Hall–Kier alpha value is -2.09. The molecule has 0 amide bonds. The first-order chi connectivity index (χ1) is 6.86. The molecule has 0 heterocycles. The summed E-state index contributed by atoms with van der Waals surface area (Å²) in [4.78, 5) is 40.2. The minimum Gasteiger partial charge on any atom is -0.282 e. The number of nitro groups is 2. The van der Waals surface area contributed by atoms with Crippen molar-refractivity contribution in [3.63, 3.8) is 0 Å². The Labute approximate surface area is 86.1 Å². The second-order valence-corrected chi connectivity index (χ2v) is 2.80. The van der Waals surface area contributed by atoms with Crippen molar-refractivity contribution in [2.24, 2.45) is 0 Å². The number of hydrogen-bond donors (Lipinski definition) is 0. The molecule has 78 valence electrons. The largest absolute Gasteiger partial charge is 0.398 e. The summed E-state index contributed by atoms with van der Waals surface area (Å²) in [6, 6.07) is 0. The van der Waals surface area contributed by atoms with Crippen LogP contribution in [0, 0.1) is 20.2 Å². The van der Waals surface area contributed by atoms with Gasteiger partial charge in [0.2, 0.25) is 0 Å². The average molecular weight is 233 g/mol. The van der Waals surface area contributed by atoms with Gasteiger partial charge in [0.05, 0.1) is 14.9 Å². The molecule has 8 nitrogen and oxygen atoms in total. The third kappa shape index (κ3) is 1.74. The Morgan fingerprint density at radius 2 is 1.53 bits per heavy atom. The highest BCUT2D eigenvalue weighted by Crippen LogP contribution is 2.22. The van der Waals surface area contributed by atoms with E-state index in [1.165, 1.54) is 0 Å². The van der Waals surface area contributed by atoms with Crippen LogP contribution >= 0.6 is 11.6 Å². The summed E-state index contributed by atoms with van der Waals surface area (Å²) in [5, 5.41) is 20.0. The number of nitrogens with zero attached hydrogens (tertiary/aromatic N) is 2. The highest BCUT2D eigenvalue weighted by atomic mass is 35.5. The Kier molecular flexibility index (Phi) is 2.62. The number of hydrogen-bond acceptors (Lipinski definition) is 6. The van der Waals surface area contributed by atoms with E-state index in [1.54, 1.807) is 0 Å². The van der Waals surface area contributed by atoms with E-state index < -0.39 is 37.8 Å². The Morgan fingerprint density at radius 1 is 1.07 bits per heavy atom. The number of carbonyl (C=O) groups is 2. The van der Waals surface area contributed by atoms with Gasteiger partial charge in [-0.05, 0) is 0 Å². The first-order valence-electron chi connectivity index (χ1n) is 3.35. The lowest BCUT2D eigenvalue weighted by Crippen LogP contribution is -2.26. The fourth-order valence-electron chi connectivity index (χ4n) is 0.932. The van der Waals surface area contributed by atoms with E-state index in [4.69, 9.17) is 11.6 Å². The van der Waals surface area contributed by atoms with Gasteiger partial charge in [-0.1, -0.05) is 11.6 Å². The lowest BCUT2D eigenvalue weighted by Gasteiger charge is -2.02. The summed E-state index contributed by atoms with van der Waals surface area (Å²) in [6.07, 6.45) is 0.481. The maximum absolute atomic E-state index is 11.1.